The first-order valence-corrected chi connectivity index (χ1v) is 13.7. The molecule has 7 N–H and O–H groups in total. The number of carboxylic acid groups (broad SMARTS) is 1. The molecule has 2 aliphatic rings. The number of aliphatic hydroxyl groups excluding tert-OH is 2. The van der Waals surface area contributed by atoms with Gasteiger partial charge in [-0.05, 0) is 32.2 Å². The highest BCUT2D eigenvalue weighted by Crippen LogP contribution is 2.34. The first kappa shape index (κ1) is 34.3. The van der Waals surface area contributed by atoms with E-state index in [0.717, 1.165) is 0 Å². The summed E-state index contributed by atoms with van der Waals surface area (Å²) in [6.07, 6.45) is 2.59. The maximum atomic E-state index is 11.7. The molecule has 2 aliphatic heterocycles. The molecule has 20 nitrogen and oxygen atoms in total. The molecule has 2 aromatic rings. The third-order valence-corrected chi connectivity index (χ3v) is 6.53. The minimum atomic E-state index is -4.82. The Balaban J connectivity index is 0.000000243. The van der Waals surface area contributed by atoms with E-state index in [1.165, 1.54) is 21.5 Å². The summed E-state index contributed by atoms with van der Waals surface area (Å²) in [6.45, 7) is 2.84. The summed E-state index contributed by atoms with van der Waals surface area (Å²) in [5.41, 5.74) is 5.28. The van der Waals surface area contributed by atoms with Crippen molar-refractivity contribution in [3.8, 4) is 0 Å². The van der Waals surface area contributed by atoms with Gasteiger partial charge in [0.2, 0.25) is 0 Å². The number of hydrogen-bond acceptors (Lipinski definition) is 11. The number of aliphatic hydroxyl groups is 2. The largest absolute Gasteiger partial charge is 0.472 e. The van der Waals surface area contributed by atoms with E-state index in [1.807, 2.05) is 0 Å². The van der Waals surface area contributed by atoms with Crippen molar-refractivity contribution in [3.05, 3.63) is 75.6 Å². The number of carbonyl (C=O) groups is 1. The summed E-state index contributed by atoms with van der Waals surface area (Å²) >= 11 is 0. The smallest absolute Gasteiger partial charge is 0.433 e. The molecule has 232 valence electrons. The minimum Gasteiger partial charge on any atom is -0.472 e. The van der Waals surface area contributed by atoms with Crippen molar-refractivity contribution in [3.63, 3.8) is 0 Å². The van der Waals surface area contributed by atoms with E-state index >= 15 is 0 Å². The number of nitrogens with one attached hydrogen (secondary N) is 2. The number of nitrogens with zero attached hydrogens (tertiary/aromatic N) is 5. The molecule has 2 saturated heterocycles. The van der Waals surface area contributed by atoms with Gasteiger partial charge in [0.1, 0.15) is 12.5 Å². The summed E-state index contributed by atoms with van der Waals surface area (Å²) in [6, 6.07) is -0.542. The highest BCUT2D eigenvalue weighted by atomic mass is 31.2. The number of azide groups is 1. The fourth-order valence-electron chi connectivity index (χ4n) is 3.86. The van der Waals surface area contributed by atoms with E-state index in [-0.39, 0.29) is 37.5 Å². The number of hydrogen-bond donors (Lipinski definition) is 7. The van der Waals surface area contributed by atoms with Gasteiger partial charge in [-0.1, -0.05) is 5.11 Å². The van der Waals surface area contributed by atoms with Crippen molar-refractivity contribution >= 4 is 13.3 Å². The summed E-state index contributed by atoms with van der Waals surface area (Å²) < 4.78 is 22.9. The van der Waals surface area contributed by atoms with Crippen LogP contribution in [0.2, 0.25) is 0 Å². The van der Waals surface area contributed by atoms with Gasteiger partial charge in [0.05, 0.1) is 31.5 Å². The van der Waals surface area contributed by atoms with Crippen LogP contribution < -0.4 is 22.5 Å². The molecule has 0 aliphatic carbocycles. The zero-order valence-electron chi connectivity index (χ0n) is 22.3. The first-order chi connectivity index (χ1) is 19.6. The highest BCUT2D eigenvalue weighted by molar-refractivity contribution is 7.69. The molecule has 0 aromatic carbocycles. The van der Waals surface area contributed by atoms with Gasteiger partial charge in [-0.2, -0.15) is 0 Å². The maximum Gasteiger partial charge on any atom is 0.433 e. The van der Waals surface area contributed by atoms with Crippen LogP contribution in [0.1, 0.15) is 42.8 Å². The van der Waals surface area contributed by atoms with Crippen LogP contribution in [0, 0.1) is 13.8 Å². The Morgan fingerprint density at radius 3 is 1.90 bits per heavy atom. The minimum absolute atomic E-state index is 0.0480. The second kappa shape index (κ2) is 14.9. The predicted molar refractivity (Wildman–Crippen MR) is 141 cm³/mol. The Morgan fingerprint density at radius 1 is 1.00 bits per heavy atom. The lowest BCUT2D eigenvalue weighted by Gasteiger charge is -2.14. The zero-order valence-corrected chi connectivity index (χ0v) is 23.2. The Kier molecular flexibility index (Phi) is 12.1. The SMILES string of the molecule is Cc1cn([C@H]2CC[C@@H](CO)O2)c(=O)[nH]c1=O.Cc1cn([C@H]2C[C@H](N=[N+]=[N-])[C@@H](CO)O2)c(=O)[nH]c1=O.O=C(O)P(=O)(O)O. The van der Waals surface area contributed by atoms with Gasteiger partial charge in [0.25, 0.3) is 11.1 Å². The number of aromatic amines is 2. The lowest BCUT2D eigenvalue weighted by atomic mass is 10.1. The van der Waals surface area contributed by atoms with Gasteiger partial charge >= 0.3 is 24.7 Å². The Morgan fingerprint density at radius 2 is 1.50 bits per heavy atom. The van der Waals surface area contributed by atoms with Crippen LogP contribution in [-0.4, -0.2) is 81.4 Å². The summed E-state index contributed by atoms with van der Waals surface area (Å²) in [5.74, 6) is 0. The molecule has 0 bridgehead atoms. The molecule has 0 amide bonds. The summed E-state index contributed by atoms with van der Waals surface area (Å²) in [7, 11) is -4.82. The molecule has 0 radical (unpaired) electrons. The van der Waals surface area contributed by atoms with Crippen LogP contribution in [0.4, 0.5) is 4.79 Å². The zero-order chi connectivity index (χ0) is 31.8. The van der Waals surface area contributed by atoms with Crippen molar-refractivity contribution in [2.45, 2.75) is 63.8 Å². The lowest BCUT2D eigenvalue weighted by molar-refractivity contribution is -0.0271. The van der Waals surface area contributed by atoms with Gasteiger partial charge in [0.15, 0.2) is 0 Å². The molecule has 0 spiro atoms. The number of H-pyrrole nitrogens is 2. The Bertz CT molecular complexity index is 1590. The van der Waals surface area contributed by atoms with Gasteiger partial charge in [-0.25, -0.2) is 18.9 Å². The van der Waals surface area contributed by atoms with Gasteiger partial charge in [0, 0.05) is 34.9 Å². The predicted octanol–water partition coefficient (Wildman–Crippen LogP) is -0.839. The van der Waals surface area contributed by atoms with Crippen molar-refractivity contribution in [2.75, 3.05) is 13.2 Å². The van der Waals surface area contributed by atoms with Crippen LogP contribution >= 0.6 is 7.60 Å². The summed E-state index contributed by atoms with van der Waals surface area (Å²) in [4.78, 5) is 77.2. The standard InChI is InChI=1S/C10H13N5O4.C10H14N2O4.CH3O5P/c1-5-3-15(10(18)12-9(5)17)8-2-6(13-14-11)7(4-16)19-8;1-6-4-12(10(15)11-9(6)14)8-3-2-7(5-13)16-8;2-1(3)7(4,5)6/h3,6-8,16H,2,4H2,1H3,(H,12,17,18);4,7-8,13H,2-3,5H2,1H3,(H,11,14,15);(H,2,3)(H2,4,5,6)/t6-,7+,8+;7-,8+;/m00./s1. The molecule has 4 heterocycles. The molecular formula is C21H30N7O13P. The molecule has 2 aromatic heterocycles. The molecule has 4 rings (SSSR count). The quantitative estimate of drug-likeness (QED) is 0.0899. The monoisotopic (exact) mass is 619 g/mol. The fraction of sp³-hybridized carbons (Fsp3) is 0.571. The number of aryl methyl sites for hydroxylation is 2. The molecule has 2 fully saturated rings. The van der Waals surface area contributed by atoms with Crippen molar-refractivity contribution < 1.29 is 43.9 Å². The topological polar surface area (TPSA) is 312 Å². The molecule has 21 heteroatoms. The van der Waals surface area contributed by atoms with Crippen LogP contribution in [0.15, 0.2) is 36.7 Å². The molecular weight excluding hydrogens is 589 g/mol. The van der Waals surface area contributed by atoms with Gasteiger partial charge < -0.3 is 34.6 Å². The first-order valence-electron chi connectivity index (χ1n) is 12.1. The lowest BCUT2D eigenvalue weighted by Crippen LogP contribution is -2.33. The maximum absolute atomic E-state index is 11.7. The average Bonchev–Trinajstić information content (AvgIpc) is 3.56. The average molecular weight is 619 g/mol. The Labute approximate surface area is 234 Å². The normalized spacial score (nSPS) is 23.1. The van der Waals surface area contributed by atoms with E-state index in [0.29, 0.717) is 24.0 Å². The van der Waals surface area contributed by atoms with Crippen LogP contribution in [0.3, 0.4) is 0 Å². The Hall–Kier alpha value is -3.87. The molecule has 0 saturated carbocycles. The van der Waals surface area contributed by atoms with E-state index in [9.17, 15) is 28.5 Å². The van der Waals surface area contributed by atoms with E-state index in [1.54, 1.807) is 13.8 Å². The van der Waals surface area contributed by atoms with Crippen LogP contribution in [-0.2, 0) is 14.0 Å². The highest BCUT2D eigenvalue weighted by Gasteiger charge is 2.35. The number of rotatable bonds is 6. The molecule has 0 unspecified atom stereocenters. The molecule has 5 atom stereocenters. The third-order valence-electron chi connectivity index (χ3n) is 6.03. The number of ether oxygens (including phenoxy) is 2. The van der Waals surface area contributed by atoms with Crippen molar-refractivity contribution in [1.82, 2.24) is 19.1 Å². The third kappa shape index (κ3) is 9.07. The second-order valence-electron chi connectivity index (χ2n) is 9.08. The number of aromatic nitrogens is 4. The van der Waals surface area contributed by atoms with E-state index in [2.05, 4.69) is 20.0 Å². The van der Waals surface area contributed by atoms with Crippen LogP contribution in [0.5, 0.6) is 0 Å². The second-order valence-corrected chi connectivity index (χ2v) is 10.5. The van der Waals surface area contributed by atoms with Gasteiger partial charge in [-0.3, -0.25) is 28.7 Å². The van der Waals surface area contributed by atoms with E-state index in [4.69, 9.17) is 40.1 Å². The fourth-order valence-corrected chi connectivity index (χ4v) is 3.86. The molecule has 42 heavy (non-hydrogen) atoms. The van der Waals surface area contributed by atoms with Crippen molar-refractivity contribution in [1.29, 1.82) is 0 Å². The van der Waals surface area contributed by atoms with Gasteiger partial charge in [-0.15, -0.1) is 0 Å². The van der Waals surface area contributed by atoms with E-state index < -0.39 is 48.6 Å². The van der Waals surface area contributed by atoms with Crippen molar-refractivity contribution in [2.24, 2.45) is 5.11 Å². The summed E-state index contributed by atoms with van der Waals surface area (Å²) in [5, 5.41) is 29.1. The van der Waals surface area contributed by atoms with Crippen LogP contribution in [0.25, 0.3) is 10.4 Å².